The number of benzene rings is 1. The molecule has 0 spiro atoms. The molecule has 10 heteroatoms. The Kier molecular flexibility index (Phi) is 7.81. The molecular formula is C20H29F2N7O. The fraction of sp³-hybridized carbons (Fsp3) is 0.550. The van der Waals surface area contributed by atoms with Crippen molar-refractivity contribution in [3.05, 3.63) is 36.4 Å². The largest absolute Gasteiger partial charge is 0.433 e. The van der Waals surface area contributed by atoms with Crippen LogP contribution in [-0.2, 0) is 13.0 Å². The highest BCUT2D eigenvalue weighted by Gasteiger charge is 2.26. The van der Waals surface area contributed by atoms with E-state index >= 15 is 0 Å². The van der Waals surface area contributed by atoms with Gasteiger partial charge in [-0.25, -0.2) is 0 Å². The SMILES string of the molecule is CCNC(=NCCn1cnnc1CC)NC1CCN(c2ccccc2OC(F)F)C1. The van der Waals surface area contributed by atoms with Crippen LogP contribution >= 0.6 is 0 Å². The number of aliphatic imine (C=N–C) groups is 1. The minimum atomic E-state index is -2.84. The van der Waals surface area contributed by atoms with Gasteiger partial charge in [0.25, 0.3) is 0 Å². The number of aromatic nitrogens is 3. The van der Waals surface area contributed by atoms with Crippen molar-refractivity contribution in [3.8, 4) is 5.75 Å². The van der Waals surface area contributed by atoms with Gasteiger partial charge in [0.15, 0.2) is 5.96 Å². The van der Waals surface area contributed by atoms with Crippen LogP contribution in [0.2, 0.25) is 0 Å². The molecule has 30 heavy (non-hydrogen) atoms. The lowest BCUT2D eigenvalue weighted by Gasteiger charge is -2.22. The van der Waals surface area contributed by atoms with Crippen molar-refractivity contribution in [2.45, 2.75) is 45.9 Å². The lowest BCUT2D eigenvalue weighted by atomic mass is 10.2. The molecule has 0 aliphatic carbocycles. The second-order valence-corrected chi connectivity index (χ2v) is 6.98. The van der Waals surface area contributed by atoms with Gasteiger partial charge in [-0.3, -0.25) is 4.99 Å². The number of rotatable bonds is 9. The molecule has 2 aromatic rings. The Morgan fingerprint density at radius 1 is 1.33 bits per heavy atom. The van der Waals surface area contributed by atoms with E-state index in [-0.39, 0.29) is 11.8 Å². The second-order valence-electron chi connectivity index (χ2n) is 6.98. The summed E-state index contributed by atoms with van der Waals surface area (Å²) in [5.74, 6) is 1.89. The van der Waals surface area contributed by atoms with Gasteiger partial charge in [0.1, 0.15) is 17.9 Å². The molecule has 1 fully saturated rings. The number of anilines is 1. The van der Waals surface area contributed by atoms with Gasteiger partial charge < -0.3 is 24.8 Å². The van der Waals surface area contributed by atoms with Crippen molar-refractivity contribution >= 4 is 11.6 Å². The molecule has 1 aromatic carbocycles. The van der Waals surface area contributed by atoms with Crippen molar-refractivity contribution in [3.63, 3.8) is 0 Å². The summed E-state index contributed by atoms with van der Waals surface area (Å²) in [6, 6.07) is 7.06. The zero-order valence-corrected chi connectivity index (χ0v) is 17.4. The molecule has 1 aliphatic rings. The number of hydrogen-bond acceptors (Lipinski definition) is 5. The molecule has 3 rings (SSSR count). The topological polar surface area (TPSA) is 79.6 Å². The maximum Gasteiger partial charge on any atom is 0.387 e. The summed E-state index contributed by atoms with van der Waals surface area (Å²) in [5, 5.41) is 14.7. The maximum absolute atomic E-state index is 12.7. The first kappa shape index (κ1) is 21.8. The minimum absolute atomic E-state index is 0.156. The van der Waals surface area contributed by atoms with Gasteiger partial charge in [-0.1, -0.05) is 19.1 Å². The molecule has 2 N–H and O–H groups in total. The normalized spacial score (nSPS) is 16.9. The van der Waals surface area contributed by atoms with E-state index < -0.39 is 6.61 Å². The molecule has 8 nitrogen and oxygen atoms in total. The Hall–Kier alpha value is -2.91. The van der Waals surface area contributed by atoms with E-state index in [4.69, 9.17) is 0 Å². The fourth-order valence-electron chi connectivity index (χ4n) is 3.53. The Bertz CT molecular complexity index is 827. The fourth-order valence-corrected chi connectivity index (χ4v) is 3.53. The average molecular weight is 421 g/mol. The number of guanidine groups is 1. The summed E-state index contributed by atoms with van der Waals surface area (Å²) in [5.41, 5.74) is 0.684. The van der Waals surface area contributed by atoms with E-state index in [0.717, 1.165) is 37.7 Å². The van der Waals surface area contributed by atoms with Crippen LogP contribution < -0.4 is 20.3 Å². The van der Waals surface area contributed by atoms with Crippen molar-refractivity contribution in [1.29, 1.82) is 0 Å². The summed E-state index contributed by atoms with van der Waals surface area (Å²) in [4.78, 5) is 6.72. The molecular weight excluding hydrogens is 392 g/mol. The first-order chi connectivity index (χ1) is 14.6. The van der Waals surface area contributed by atoms with Crippen molar-refractivity contribution in [1.82, 2.24) is 25.4 Å². The number of halogens is 2. The van der Waals surface area contributed by atoms with Gasteiger partial charge in [-0.15, -0.1) is 10.2 Å². The van der Waals surface area contributed by atoms with Gasteiger partial charge in [-0.05, 0) is 25.5 Å². The van der Waals surface area contributed by atoms with Crippen LogP contribution in [0.15, 0.2) is 35.6 Å². The number of hydrogen-bond donors (Lipinski definition) is 2. The third kappa shape index (κ3) is 5.80. The van der Waals surface area contributed by atoms with Gasteiger partial charge >= 0.3 is 6.61 Å². The third-order valence-electron chi connectivity index (χ3n) is 4.92. The Labute approximate surface area is 175 Å². The summed E-state index contributed by atoms with van der Waals surface area (Å²) >= 11 is 0. The van der Waals surface area contributed by atoms with Gasteiger partial charge in [-0.2, -0.15) is 8.78 Å². The first-order valence-electron chi connectivity index (χ1n) is 10.3. The summed E-state index contributed by atoms with van der Waals surface area (Å²) < 4.78 is 32.1. The molecule has 1 aliphatic heterocycles. The maximum atomic E-state index is 12.7. The zero-order valence-electron chi connectivity index (χ0n) is 17.4. The molecule has 0 radical (unpaired) electrons. The van der Waals surface area contributed by atoms with Crippen molar-refractivity contribution < 1.29 is 13.5 Å². The number of para-hydroxylation sites is 2. The standard InChI is InChI=1S/C20H29F2N7O/c1-3-18-27-25-14-29(18)12-10-24-20(23-4-2)26-15-9-11-28(13-15)16-7-5-6-8-17(16)30-19(21)22/h5-8,14-15,19H,3-4,9-13H2,1-2H3,(H2,23,24,26). The van der Waals surface area contributed by atoms with Crippen LogP contribution in [-0.4, -0.2) is 59.6 Å². The molecule has 1 unspecified atom stereocenters. The van der Waals surface area contributed by atoms with Gasteiger partial charge in [0.2, 0.25) is 0 Å². The van der Waals surface area contributed by atoms with Crippen LogP contribution in [0.4, 0.5) is 14.5 Å². The molecule has 0 saturated carbocycles. The number of aryl methyl sites for hydroxylation is 1. The lowest BCUT2D eigenvalue weighted by molar-refractivity contribution is -0.0495. The minimum Gasteiger partial charge on any atom is -0.433 e. The summed E-state index contributed by atoms with van der Waals surface area (Å²) in [6.45, 7) is 4.72. The number of alkyl halides is 2. The van der Waals surface area contributed by atoms with E-state index in [0.29, 0.717) is 25.3 Å². The quantitative estimate of drug-likeness (QED) is 0.478. The molecule has 0 bridgehead atoms. The van der Waals surface area contributed by atoms with Gasteiger partial charge in [0.05, 0.1) is 12.2 Å². The Morgan fingerprint density at radius 3 is 2.93 bits per heavy atom. The Balaban J connectivity index is 1.58. The predicted molar refractivity (Wildman–Crippen MR) is 112 cm³/mol. The number of nitrogens with zero attached hydrogens (tertiary/aromatic N) is 5. The first-order valence-corrected chi connectivity index (χ1v) is 10.3. The smallest absolute Gasteiger partial charge is 0.387 e. The van der Waals surface area contributed by atoms with Crippen LogP contribution in [0.25, 0.3) is 0 Å². The average Bonchev–Trinajstić information content (AvgIpc) is 3.37. The van der Waals surface area contributed by atoms with Crippen molar-refractivity contribution in [2.24, 2.45) is 4.99 Å². The molecule has 1 saturated heterocycles. The number of nitrogens with one attached hydrogen (secondary N) is 2. The number of ether oxygens (including phenoxy) is 1. The highest BCUT2D eigenvalue weighted by atomic mass is 19.3. The monoisotopic (exact) mass is 421 g/mol. The predicted octanol–water partition coefficient (Wildman–Crippen LogP) is 2.28. The molecule has 164 valence electrons. The van der Waals surface area contributed by atoms with E-state index in [1.54, 1.807) is 18.5 Å². The lowest BCUT2D eigenvalue weighted by Crippen LogP contribution is -2.44. The molecule has 2 heterocycles. The second kappa shape index (κ2) is 10.7. The van der Waals surface area contributed by atoms with E-state index in [1.165, 1.54) is 0 Å². The highest BCUT2D eigenvalue weighted by molar-refractivity contribution is 5.80. The van der Waals surface area contributed by atoms with E-state index in [2.05, 4.69) is 35.5 Å². The summed E-state index contributed by atoms with van der Waals surface area (Å²) in [6.07, 6.45) is 3.43. The zero-order chi connectivity index (χ0) is 21.3. The van der Waals surface area contributed by atoms with Crippen LogP contribution in [0, 0.1) is 0 Å². The molecule has 1 atom stereocenters. The van der Waals surface area contributed by atoms with E-state index in [9.17, 15) is 8.78 Å². The van der Waals surface area contributed by atoms with Crippen LogP contribution in [0.1, 0.15) is 26.1 Å². The highest BCUT2D eigenvalue weighted by Crippen LogP contribution is 2.31. The molecule has 0 amide bonds. The Morgan fingerprint density at radius 2 is 2.17 bits per heavy atom. The third-order valence-corrected chi connectivity index (χ3v) is 4.92. The van der Waals surface area contributed by atoms with Crippen molar-refractivity contribution in [2.75, 3.05) is 31.1 Å². The van der Waals surface area contributed by atoms with Crippen LogP contribution in [0.5, 0.6) is 5.75 Å². The van der Waals surface area contributed by atoms with E-state index in [1.807, 2.05) is 30.5 Å². The molecule has 1 aromatic heterocycles. The summed E-state index contributed by atoms with van der Waals surface area (Å²) in [7, 11) is 0. The van der Waals surface area contributed by atoms with Crippen LogP contribution in [0.3, 0.4) is 0 Å². The van der Waals surface area contributed by atoms with Gasteiger partial charge in [0, 0.05) is 38.6 Å².